The molecule has 5 heteroatoms. The third-order valence-electron chi connectivity index (χ3n) is 4.12. The number of hydrogen-bond donors (Lipinski definition) is 0. The molecule has 0 bridgehead atoms. The molecule has 0 saturated heterocycles. The van der Waals surface area contributed by atoms with Crippen molar-refractivity contribution in [2.24, 2.45) is 5.92 Å². The number of amides is 1. The van der Waals surface area contributed by atoms with E-state index in [9.17, 15) is 4.79 Å². The molecular weight excluding hydrogens is 272 g/mol. The maximum absolute atomic E-state index is 12.5. The van der Waals surface area contributed by atoms with E-state index in [0.717, 1.165) is 23.1 Å². The lowest BCUT2D eigenvalue weighted by Crippen LogP contribution is -2.42. The van der Waals surface area contributed by atoms with Crippen molar-refractivity contribution in [3.63, 3.8) is 0 Å². The van der Waals surface area contributed by atoms with Crippen LogP contribution in [0, 0.1) is 12.8 Å². The molecule has 1 aromatic heterocycles. The highest BCUT2D eigenvalue weighted by atomic mass is 32.2. The van der Waals surface area contributed by atoms with Crippen molar-refractivity contribution in [1.29, 1.82) is 0 Å². The second kappa shape index (κ2) is 5.80. The molecule has 1 aromatic rings. The third-order valence-corrected chi connectivity index (χ3v) is 5.07. The molecule has 2 saturated carbocycles. The number of rotatable bonds is 7. The summed E-state index contributed by atoms with van der Waals surface area (Å²) in [5, 5.41) is 3.96. The van der Waals surface area contributed by atoms with Gasteiger partial charge in [0.25, 0.3) is 0 Å². The molecule has 0 aliphatic heterocycles. The summed E-state index contributed by atoms with van der Waals surface area (Å²) in [5.74, 6) is 3.19. The zero-order valence-corrected chi connectivity index (χ0v) is 13.0. The number of thioether (sulfide) groups is 1. The van der Waals surface area contributed by atoms with Crippen molar-refractivity contribution in [3.8, 4) is 0 Å². The monoisotopic (exact) mass is 294 g/mol. The fourth-order valence-electron chi connectivity index (χ4n) is 2.73. The van der Waals surface area contributed by atoms with Crippen molar-refractivity contribution in [2.75, 3.05) is 5.75 Å². The van der Waals surface area contributed by atoms with E-state index in [2.05, 4.69) is 17.0 Å². The van der Waals surface area contributed by atoms with Crippen LogP contribution in [0.3, 0.4) is 0 Å². The Kier molecular flexibility index (Phi) is 4.06. The molecule has 0 aromatic carbocycles. The van der Waals surface area contributed by atoms with Gasteiger partial charge in [0.2, 0.25) is 5.91 Å². The summed E-state index contributed by atoms with van der Waals surface area (Å²) >= 11 is 1.64. The van der Waals surface area contributed by atoms with Crippen LogP contribution in [0.15, 0.2) is 10.6 Å². The molecule has 0 N–H and O–H groups in total. The van der Waals surface area contributed by atoms with Crippen molar-refractivity contribution >= 4 is 17.7 Å². The van der Waals surface area contributed by atoms with E-state index < -0.39 is 0 Å². The van der Waals surface area contributed by atoms with Gasteiger partial charge in [0, 0.05) is 23.9 Å². The Morgan fingerprint density at radius 1 is 1.50 bits per heavy atom. The van der Waals surface area contributed by atoms with E-state index in [-0.39, 0.29) is 0 Å². The predicted octanol–water partition coefficient (Wildman–Crippen LogP) is 3.01. The normalized spacial score (nSPS) is 19.9. The van der Waals surface area contributed by atoms with Crippen LogP contribution < -0.4 is 0 Å². The summed E-state index contributed by atoms with van der Waals surface area (Å²) in [7, 11) is 0. The minimum absolute atomic E-state index is 0.303. The molecule has 2 fully saturated rings. The van der Waals surface area contributed by atoms with Crippen LogP contribution >= 0.6 is 11.8 Å². The summed E-state index contributed by atoms with van der Waals surface area (Å²) in [6, 6.07) is 2.89. The minimum Gasteiger partial charge on any atom is -0.361 e. The van der Waals surface area contributed by atoms with Gasteiger partial charge in [-0.3, -0.25) is 4.79 Å². The Morgan fingerprint density at radius 2 is 2.25 bits per heavy atom. The quantitative estimate of drug-likeness (QED) is 0.775. The molecule has 0 unspecified atom stereocenters. The van der Waals surface area contributed by atoms with Crippen LogP contribution in [0.2, 0.25) is 0 Å². The smallest absolute Gasteiger partial charge is 0.233 e. The molecule has 1 amide bonds. The zero-order chi connectivity index (χ0) is 14.1. The van der Waals surface area contributed by atoms with Gasteiger partial charge in [0.05, 0.1) is 11.4 Å². The van der Waals surface area contributed by atoms with E-state index in [1.807, 2.05) is 13.0 Å². The van der Waals surface area contributed by atoms with Crippen molar-refractivity contribution in [2.45, 2.75) is 57.4 Å². The highest BCUT2D eigenvalue weighted by Crippen LogP contribution is 2.40. The molecule has 1 heterocycles. The lowest BCUT2D eigenvalue weighted by molar-refractivity contribution is -0.131. The Labute approximate surface area is 124 Å². The van der Waals surface area contributed by atoms with E-state index in [0.29, 0.717) is 23.7 Å². The van der Waals surface area contributed by atoms with Crippen LogP contribution in [0.25, 0.3) is 0 Å². The Bertz CT molecular complexity index is 480. The predicted molar refractivity (Wildman–Crippen MR) is 79.5 cm³/mol. The van der Waals surface area contributed by atoms with Crippen LogP contribution in [-0.4, -0.2) is 33.8 Å². The topological polar surface area (TPSA) is 46.3 Å². The minimum atomic E-state index is 0.303. The first-order chi connectivity index (χ1) is 9.65. The molecule has 1 atom stereocenters. The van der Waals surface area contributed by atoms with Gasteiger partial charge in [-0.1, -0.05) is 5.16 Å². The van der Waals surface area contributed by atoms with Crippen LogP contribution in [0.4, 0.5) is 0 Å². The molecule has 0 radical (unpaired) electrons. The standard InChI is InChI=1S/C15H22N2O2S/c1-10-7-13(16-19-10)8-20-9-15(18)17(14-5-6-14)11(2)12-3-4-12/h7,11-12,14H,3-6,8-9H2,1-2H3/t11-/m0/s1. The van der Waals surface area contributed by atoms with Crippen molar-refractivity contribution in [3.05, 3.63) is 17.5 Å². The van der Waals surface area contributed by atoms with Gasteiger partial charge in [0.15, 0.2) is 0 Å². The molecule has 3 rings (SSSR count). The maximum Gasteiger partial charge on any atom is 0.233 e. The number of hydrogen-bond acceptors (Lipinski definition) is 4. The molecule has 2 aliphatic rings. The fraction of sp³-hybridized carbons (Fsp3) is 0.733. The first kappa shape index (κ1) is 14.0. The van der Waals surface area contributed by atoms with Crippen LogP contribution in [0.5, 0.6) is 0 Å². The highest BCUT2D eigenvalue weighted by molar-refractivity contribution is 7.99. The zero-order valence-electron chi connectivity index (χ0n) is 12.2. The van der Waals surface area contributed by atoms with Gasteiger partial charge in [-0.2, -0.15) is 0 Å². The summed E-state index contributed by atoms with van der Waals surface area (Å²) in [4.78, 5) is 14.6. The number of nitrogens with zero attached hydrogens (tertiary/aromatic N) is 2. The average molecular weight is 294 g/mol. The number of carbonyl (C=O) groups is 1. The molecule has 0 spiro atoms. The van der Waals surface area contributed by atoms with Gasteiger partial charge in [-0.25, -0.2) is 0 Å². The molecule has 4 nitrogen and oxygen atoms in total. The Hall–Kier alpha value is -0.970. The second-order valence-electron chi connectivity index (χ2n) is 6.03. The van der Waals surface area contributed by atoms with Gasteiger partial charge < -0.3 is 9.42 Å². The molecule has 110 valence electrons. The van der Waals surface area contributed by atoms with Crippen LogP contribution in [-0.2, 0) is 10.5 Å². The first-order valence-electron chi connectivity index (χ1n) is 7.46. The maximum atomic E-state index is 12.5. The van der Waals surface area contributed by atoms with E-state index in [1.165, 1.54) is 25.7 Å². The van der Waals surface area contributed by atoms with Gasteiger partial charge in [-0.05, 0) is 45.4 Å². The second-order valence-corrected chi connectivity index (χ2v) is 7.02. The number of aromatic nitrogens is 1. The summed E-state index contributed by atoms with van der Waals surface area (Å²) in [6.45, 7) is 4.11. The van der Waals surface area contributed by atoms with Crippen molar-refractivity contribution in [1.82, 2.24) is 10.1 Å². The fourth-order valence-corrected chi connectivity index (χ4v) is 3.50. The first-order valence-corrected chi connectivity index (χ1v) is 8.61. The highest BCUT2D eigenvalue weighted by Gasteiger charge is 2.41. The molecule has 2 aliphatic carbocycles. The molecule has 20 heavy (non-hydrogen) atoms. The lowest BCUT2D eigenvalue weighted by atomic mass is 10.2. The SMILES string of the molecule is Cc1cc(CSCC(=O)N(C2CC2)[C@@H](C)C2CC2)no1. The number of carbonyl (C=O) groups excluding carboxylic acids is 1. The van der Waals surface area contributed by atoms with Gasteiger partial charge >= 0.3 is 0 Å². The molecular formula is C15H22N2O2S. The number of aryl methyl sites for hydroxylation is 1. The van der Waals surface area contributed by atoms with Crippen LogP contribution in [0.1, 0.15) is 44.1 Å². The average Bonchev–Trinajstić information content (AvgIpc) is 3.30. The Morgan fingerprint density at radius 3 is 2.80 bits per heavy atom. The lowest BCUT2D eigenvalue weighted by Gasteiger charge is -2.29. The third kappa shape index (κ3) is 3.37. The Balaban J connectivity index is 1.49. The van der Waals surface area contributed by atoms with Crippen molar-refractivity contribution < 1.29 is 9.32 Å². The summed E-state index contributed by atoms with van der Waals surface area (Å²) < 4.78 is 5.04. The largest absolute Gasteiger partial charge is 0.361 e. The van der Waals surface area contributed by atoms with E-state index in [1.54, 1.807) is 11.8 Å². The van der Waals surface area contributed by atoms with E-state index in [4.69, 9.17) is 4.52 Å². The summed E-state index contributed by atoms with van der Waals surface area (Å²) in [6.07, 6.45) is 4.97. The van der Waals surface area contributed by atoms with Gasteiger partial charge in [0.1, 0.15) is 5.76 Å². The van der Waals surface area contributed by atoms with Gasteiger partial charge in [-0.15, -0.1) is 11.8 Å². The summed E-state index contributed by atoms with van der Waals surface area (Å²) in [5.41, 5.74) is 0.925. The van der Waals surface area contributed by atoms with E-state index >= 15 is 0 Å².